The van der Waals surface area contributed by atoms with Crippen molar-refractivity contribution in [1.82, 2.24) is 4.90 Å². The predicted molar refractivity (Wildman–Crippen MR) is 67.6 cm³/mol. The molecular formula is C12H12ClN3O2. The Morgan fingerprint density at radius 1 is 1.44 bits per heavy atom. The lowest BCUT2D eigenvalue weighted by Gasteiger charge is -2.26. The van der Waals surface area contributed by atoms with Crippen LogP contribution in [-0.2, 0) is 4.74 Å². The number of carbonyl (C=O) groups is 1. The maximum absolute atomic E-state index is 11.9. The Bertz CT molecular complexity index is 493. The van der Waals surface area contributed by atoms with Crippen molar-refractivity contribution in [2.75, 3.05) is 31.6 Å². The number of carbonyl (C=O) groups excluding carboxylic acids is 1. The smallest absolute Gasteiger partial charge is 0.322 e. The number of rotatable bonds is 1. The van der Waals surface area contributed by atoms with Crippen molar-refractivity contribution in [3.63, 3.8) is 0 Å². The van der Waals surface area contributed by atoms with Gasteiger partial charge in [-0.2, -0.15) is 5.26 Å². The van der Waals surface area contributed by atoms with Crippen LogP contribution >= 0.6 is 11.6 Å². The molecule has 1 aliphatic heterocycles. The lowest BCUT2D eigenvalue weighted by atomic mass is 10.2. The maximum atomic E-state index is 11.9. The van der Waals surface area contributed by atoms with Crippen LogP contribution in [0.5, 0.6) is 0 Å². The molecule has 1 fully saturated rings. The number of benzene rings is 1. The number of nitriles is 1. The number of nitrogens with zero attached hydrogens (tertiary/aromatic N) is 2. The molecule has 0 radical (unpaired) electrons. The minimum Gasteiger partial charge on any atom is -0.378 e. The summed E-state index contributed by atoms with van der Waals surface area (Å²) in [5.74, 6) is 0. The molecule has 1 aromatic rings. The van der Waals surface area contributed by atoms with E-state index >= 15 is 0 Å². The van der Waals surface area contributed by atoms with E-state index in [4.69, 9.17) is 21.6 Å². The Hall–Kier alpha value is -1.77. The molecule has 1 aliphatic rings. The van der Waals surface area contributed by atoms with Crippen LogP contribution in [0.25, 0.3) is 0 Å². The number of morpholine rings is 1. The van der Waals surface area contributed by atoms with Crippen LogP contribution in [-0.4, -0.2) is 37.2 Å². The molecule has 0 unspecified atom stereocenters. The summed E-state index contributed by atoms with van der Waals surface area (Å²) in [5.41, 5.74) is 0.906. The van der Waals surface area contributed by atoms with E-state index in [2.05, 4.69) is 5.32 Å². The van der Waals surface area contributed by atoms with Gasteiger partial charge >= 0.3 is 6.03 Å². The number of anilines is 1. The van der Waals surface area contributed by atoms with E-state index in [1.54, 1.807) is 23.1 Å². The van der Waals surface area contributed by atoms with Gasteiger partial charge in [0.25, 0.3) is 0 Å². The van der Waals surface area contributed by atoms with E-state index in [1.807, 2.05) is 6.07 Å². The van der Waals surface area contributed by atoms with Gasteiger partial charge in [-0.3, -0.25) is 0 Å². The van der Waals surface area contributed by atoms with Crippen LogP contribution in [0.3, 0.4) is 0 Å². The second-order valence-electron chi connectivity index (χ2n) is 3.84. The fourth-order valence-corrected chi connectivity index (χ4v) is 1.82. The van der Waals surface area contributed by atoms with Gasteiger partial charge in [0.2, 0.25) is 0 Å². The molecule has 2 amide bonds. The largest absolute Gasteiger partial charge is 0.378 e. The number of hydrogen-bond donors (Lipinski definition) is 1. The predicted octanol–water partition coefficient (Wildman–Crippen LogP) is 2.08. The Labute approximate surface area is 110 Å². The highest BCUT2D eigenvalue weighted by Crippen LogP contribution is 2.20. The van der Waals surface area contributed by atoms with Crippen molar-refractivity contribution in [2.24, 2.45) is 0 Å². The molecule has 5 nitrogen and oxygen atoms in total. The number of hydrogen-bond acceptors (Lipinski definition) is 3. The fourth-order valence-electron chi connectivity index (χ4n) is 1.66. The molecule has 1 heterocycles. The lowest BCUT2D eigenvalue weighted by Crippen LogP contribution is -2.43. The van der Waals surface area contributed by atoms with Crippen LogP contribution < -0.4 is 5.32 Å². The van der Waals surface area contributed by atoms with Gasteiger partial charge in [-0.1, -0.05) is 11.6 Å². The Balaban J connectivity index is 2.05. The van der Waals surface area contributed by atoms with Crippen molar-refractivity contribution < 1.29 is 9.53 Å². The molecule has 1 saturated heterocycles. The molecule has 0 spiro atoms. The third-order valence-electron chi connectivity index (χ3n) is 2.64. The standard InChI is InChI=1S/C12H12ClN3O2/c13-11-2-1-10(7-9(11)8-14)15-12(17)16-3-5-18-6-4-16/h1-2,7H,3-6H2,(H,15,17). The summed E-state index contributed by atoms with van der Waals surface area (Å²) in [7, 11) is 0. The Morgan fingerprint density at radius 2 is 2.17 bits per heavy atom. The molecule has 0 bridgehead atoms. The quantitative estimate of drug-likeness (QED) is 0.845. The van der Waals surface area contributed by atoms with Crippen molar-refractivity contribution >= 4 is 23.3 Å². The van der Waals surface area contributed by atoms with Gasteiger partial charge in [0, 0.05) is 18.8 Å². The molecular weight excluding hydrogens is 254 g/mol. The minimum atomic E-state index is -0.190. The van der Waals surface area contributed by atoms with E-state index in [9.17, 15) is 4.79 Å². The lowest BCUT2D eigenvalue weighted by molar-refractivity contribution is 0.0564. The van der Waals surface area contributed by atoms with E-state index in [-0.39, 0.29) is 6.03 Å². The van der Waals surface area contributed by atoms with Crippen LogP contribution in [0.4, 0.5) is 10.5 Å². The number of nitrogens with one attached hydrogen (secondary N) is 1. The van der Waals surface area contributed by atoms with Crippen LogP contribution in [0.2, 0.25) is 5.02 Å². The highest BCUT2D eigenvalue weighted by Gasteiger charge is 2.16. The summed E-state index contributed by atoms with van der Waals surface area (Å²) in [4.78, 5) is 13.6. The van der Waals surface area contributed by atoms with Gasteiger partial charge in [0.1, 0.15) is 6.07 Å². The number of urea groups is 1. The van der Waals surface area contributed by atoms with Gasteiger partial charge in [-0.05, 0) is 18.2 Å². The highest BCUT2D eigenvalue weighted by atomic mass is 35.5. The first-order chi connectivity index (χ1) is 8.70. The molecule has 6 heteroatoms. The van der Waals surface area contributed by atoms with Crippen LogP contribution in [0.1, 0.15) is 5.56 Å². The summed E-state index contributed by atoms with van der Waals surface area (Å²) in [5, 5.41) is 12.0. The zero-order valence-electron chi connectivity index (χ0n) is 9.65. The van der Waals surface area contributed by atoms with Crippen molar-refractivity contribution in [3.8, 4) is 6.07 Å². The summed E-state index contributed by atoms with van der Waals surface area (Å²) >= 11 is 5.82. The molecule has 0 atom stereocenters. The molecule has 1 aromatic carbocycles. The second-order valence-corrected chi connectivity index (χ2v) is 4.24. The topological polar surface area (TPSA) is 65.4 Å². The monoisotopic (exact) mass is 265 g/mol. The molecule has 1 N–H and O–H groups in total. The molecule has 0 aliphatic carbocycles. The number of amides is 2. The molecule has 0 aromatic heterocycles. The van der Waals surface area contributed by atoms with Crippen molar-refractivity contribution in [1.29, 1.82) is 5.26 Å². The average Bonchev–Trinajstić information content (AvgIpc) is 2.42. The molecule has 94 valence electrons. The van der Waals surface area contributed by atoms with Gasteiger partial charge in [-0.15, -0.1) is 0 Å². The maximum Gasteiger partial charge on any atom is 0.322 e. The zero-order valence-corrected chi connectivity index (χ0v) is 10.4. The van der Waals surface area contributed by atoms with Crippen LogP contribution in [0, 0.1) is 11.3 Å². The zero-order chi connectivity index (χ0) is 13.0. The van der Waals surface area contributed by atoms with E-state index in [0.717, 1.165) is 0 Å². The number of halogens is 1. The number of ether oxygens (including phenoxy) is 1. The average molecular weight is 266 g/mol. The van der Waals surface area contributed by atoms with Gasteiger partial charge in [0.05, 0.1) is 23.8 Å². The van der Waals surface area contributed by atoms with E-state index in [1.165, 1.54) is 0 Å². The SMILES string of the molecule is N#Cc1cc(NC(=O)N2CCOCC2)ccc1Cl. The minimum absolute atomic E-state index is 0.190. The van der Waals surface area contributed by atoms with Gasteiger partial charge in [-0.25, -0.2) is 4.79 Å². The summed E-state index contributed by atoms with van der Waals surface area (Å²) in [6.07, 6.45) is 0. The summed E-state index contributed by atoms with van der Waals surface area (Å²) < 4.78 is 5.17. The van der Waals surface area contributed by atoms with Crippen LogP contribution in [0.15, 0.2) is 18.2 Å². The third-order valence-corrected chi connectivity index (χ3v) is 2.97. The second kappa shape index (κ2) is 5.71. The van der Waals surface area contributed by atoms with Gasteiger partial charge < -0.3 is 15.0 Å². The summed E-state index contributed by atoms with van der Waals surface area (Å²) in [6, 6.07) is 6.60. The molecule has 2 rings (SSSR count). The highest BCUT2D eigenvalue weighted by molar-refractivity contribution is 6.31. The normalized spacial score (nSPS) is 15.0. The van der Waals surface area contributed by atoms with Crippen molar-refractivity contribution in [2.45, 2.75) is 0 Å². The van der Waals surface area contributed by atoms with Gasteiger partial charge in [0.15, 0.2) is 0 Å². The first-order valence-corrected chi connectivity index (χ1v) is 5.92. The Kier molecular flexibility index (Phi) is 4.03. The fraction of sp³-hybridized carbons (Fsp3) is 0.333. The first kappa shape index (κ1) is 12.7. The molecule has 18 heavy (non-hydrogen) atoms. The third kappa shape index (κ3) is 2.92. The first-order valence-electron chi connectivity index (χ1n) is 5.54. The van der Waals surface area contributed by atoms with E-state index < -0.39 is 0 Å². The Morgan fingerprint density at radius 3 is 2.83 bits per heavy atom. The molecule has 0 saturated carbocycles. The van der Waals surface area contributed by atoms with Crippen molar-refractivity contribution in [3.05, 3.63) is 28.8 Å². The van der Waals surface area contributed by atoms with E-state index in [0.29, 0.717) is 42.6 Å². The summed E-state index contributed by atoms with van der Waals surface area (Å²) in [6.45, 7) is 2.25.